The van der Waals surface area contributed by atoms with E-state index in [2.05, 4.69) is 9.97 Å². The first-order valence-electron chi connectivity index (χ1n) is 7.16. The Morgan fingerprint density at radius 3 is 2.61 bits per heavy atom. The highest BCUT2D eigenvalue weighted by atomic mass is 16.5. The summed E-state index contributed by atoms with van der Waals surface area (Å²) >= 11 is 0. The fourth-order valence-corrected chi connectivity index (χ4v) is 2.77. The molecule has 6 heteroatoms. The third-order valence-corrected chi connectivity index (χ3v) is 3.96. The molecule has 0 unspecified atom stereocenters. The van der Waals surface area contributed by atoms with E-state index >= 15 is 0 Å². The molecule has 1 aromatic carbocycles. The second kappa shape index (κ2) is 4.95. The monoisotopic (exact) mass is 306 g/mol. The van der Waals surface area contributed by atoms with Crippen molar-refractivity contribution in [1.82, 2.24) is 18.9 Å². The van der Waals surface area contributed by atoms with E-state index in [0.717, 1.165) is 17.0 Å². The van der Waals surface area contributed by atoms with Gasteiger partial charge in [-0.25, -0.2) is 9.97 Å². The smallest absolute Gasteiger partial charge is 0.264 e. The van der Waals surface area contributed by atoms with Gasteiger partial charge in [-0.2, -0.15) is 0 Å². The molecule has 0 aliphatic carbocycles. The quantitative estimate of drug-likeness (QED) is 0.570. The van der Waals surface area contributed by atoms with Crippen LogP contribution in [-0.4, -0.2) is 26.0 Å². The van der Waals surface area contributed by atoms with E-state index in [4.69, 9.17) is 4.74 Å². The molecule has 0 aliphatic rings. The predicted molar refractivity (Wildman–Crippen MR) is 87.7 cm³/mol. The fraction of sp³-hybridized carbons (Fsp3) is 0.118. The molecule has 0 N–H and O–H groups in total. The molecule has 0 amide bonds. The van der Waals surface area contributed by atoms with Crippen LogP contribution >= 0.6 is 0 Å². The fourth-order valence-electron chi connectivity index (χ4n) is 2.77. The summed E-state index contributed by atoms with van der Waals surface area (Å²) in [5.41, 5.74) is 2.35. The molecule has 0 spiro atoms. The Balaban J connectivity index is 2.10. The third-order valence-electron chi connectivity index (χ3n) is 3.96. The zero-order chi connectivity index (χ0) is 16.0. The van der Waals surface area contributed by atoms with Crippen molar-refractivity contribution in [2.75, 3.05) is 7.11 Å². The first kappa shape index (κ1) is 13.5. The summed E-state index contributed by atoms with van der Waals surface area (Å²) in [6, 6.07) is 11.3. The maximum atomic E-state index is 12.4. The lowest BCUT2D eigenvalue weighted by atomic mass is 10.1. The Labute approximate surface area is 131 Å². The van der Waals surface area contributed by atoms with Gasteiger partial charge in [0.1, 0.15) is 5.75 Å². The van der Waals surface area contributed by atoms with E-state index in [1.807, 2.05) is 28.7 Å². The lowest BCUT2D eigenvalue weighted by Gasteiger charge is -2.08. The van der Waals surface area contributed by atoms with Gasteiger partial charge < -0.3 is 4.74 Å². The van der Waals surface area contributed by atoms with E-state index in [0.29, 0.717) is 16.8 Å². The number of nitrogens with zero attached hydrogens (tertiary/aromatic N) is 4. The van der Waals surface area contributed by atoms with Gasteiger partial charge in [-0.3, -0.25) is 13.8 Å². The average molecular weight is 306 g/mol. The number of hydrogen-bond acceptors (Lipinski definition) is 4. The molecule has 3 aromatic heterocycles. The average Bonchev–Trinajstić information content (AvgIpc) is 3.05. The van der Waals surface area contributed by atoms with Crippen molar-refractivity contribution in [2.24, 2.45) is 7.05 Å². The van der Waals surface area contributed by atoms with Crippen molar-refractivity contribution in [3.05, 3.63) is 59.1 Å². The normalized spacial score (nSPS) is 11.2. The van der Waals surface area contributed by atoms with Gasteiger partial charge in [-0.15, -0.1) is 0 Å². The highest BCUT2D eigenvalue weighted by molar-refractivity contribution is 5.79. The van der Waals surface area contributed by atoms with Gasteiger partial charge in [0.25, 0.3) is 5.56 Å². The maximum absolute atomic E-state index is 12.4. The topological polar surface area (TPSA) is 61.4 Å². The molecular weight excluding hydrogens is 292 g/mol. The summed E-state index contributed by atoms with van der Waals surface area (Å²) in [5.74, 6) is 1.35. The van der Waals surface area contributed by atoms with Crippen LogP contribution in [-0.2, 0) is 7.05 Å². The summed E-state index contributed by atoms with van der Waals surface area (Å²) in [7, 11) is 3.35. The SMILES string of the molecule is COc1ccc(-c2cnc3n(C)c(=O)c4cccnc4n23)cc1. The number of fused-ring (bicyclic) bond motifs is 3. The van der Waals surface area contributed by atoms with Crippen LogP contribution in [0.15, 0.2) is 53.6 Å². The van der Waals surface area contributed by atoms with Crippen LogP contribution in [0.4, 0.5) is 0 Å². The molecule has 23 heavy (non-hydrogen) atoms. The van der Waals surface area contributed by atoms with Crippen LogP contribution in [0.1, 0.15) is 0 Å². The highest BCUT2D eigenvalue weighted by Gasteiger charge is 2.14. The van der Waals surface area contributed by atoms with Crippen LogP contribution in [0, 0.1) is 0 Å². The number of imidazole rings is 1. The number of pyridine rings is 1. The predicted octanol–water partition coefficient (Wildman–Crippen LogP) is 2.26. The number of ether oxygens (including phenoxy) is 1. The molecule has 0 atom stereocenters. The van der Waals surface area contributed by atoms with Crippen molar-refractivity contribution in [2.45, 2.75) is 0 Å². The lowest BCUT2D eigenvalue weighted by Crippen LogP contribution is -2.20. The summed E-state index contributed by atoms with van der Waals surface area (Å²) in [4.78, 5) is 21.2. The third kappa shape index (κ3) is 1.92. The number of benzene rings is 1. The van der Waals surface area contributed by atoms with E-state index in [1.54, 1.807) is 38.7 Å². The summed E-state index contributed by atoms with van der Waals surface area (Å²) < 4.78 is 8.64. The summed E-state index contributed by atoms with van der Waals surface area (Å²) in [6.45, 7) is 0. The Bertz CT molecular complexity index is 1080. The zero-order valence-corrected chi connectivity index (χ0v) is 12.7. The standard InChI is InChI=1S/C17H14N4O2/c1-20-16(22)13-4-3-9-18-15(13)21-14(10-19-17(20)21)11-5-7-12(23-2)8-6-11/h3-10H,1-2H3. The van der Waals surface area contributed by atoms with Crippen molar-refractivity contribution in [1.29, 1.82) is 0 Å². The van der Waals surface area contributed by atoms with E-state index in [-0.39, 0.29) is 5.56 Å². The van der Waals surface area contributed by atoms with Crippen LogP contribution in [0.5, 0.6) is 5.75 Å². The molecule has 114 valence electrons. The molecule has 0 saturated heterocycles. The van der Waals surface area contributed by atoms with Crippen molar-refractivity contribution >= 4 is 16.8 Å². The molecule has 4 rings (SSSR count). The van der Waals surface area contributed by atoms with Crippen LogP contribution in [0.2, 0.25) is 0 Å². The van der Waals surface area contributed by atoms with Crippen molar-refractivity contribution in [3.8, 4) is 17.0 Å². The zero-order valence-electron chi connectivity index (χ0n) is 12.7. The number of hydrogen-bond donors (Lipinski definition) is 0. The van der Waals surface area contributed by atoms with Crippen molar-refractivity contribution < 1.29 is 4.74 Å². The second-order valence-corrected chi connectivity index (χ2v) is 5.25. The summed E-state index contributed by atoms with van der Waals surface area (Å²) in [6.07, 6.45) is 3.43. The van der Waals surface area contributed by atoms with Gasteiger partial charge in [0.15, 0.2) is 5.65 Å². The van der Waals surface area contributed by atoms with Crippen LogP contribution < -0.4 is 10.3 Å². The minimum absolute atomic E-state index is 0.104. The minimum atomic E-state index is -0.104. The molecule has 0 bridgehead atoms. The van der Waals surface area contributed by atoms with Crippen LogP contribution in [0.3, 0.4) is 0 Å². The van der Waals surface area contributed by atoms with Gasteiger partial charge >= 0.3 is 0 Å². The van der Waals surface area contributed by atoms with Gasteiger partial charge in [0, 0.05) is 18.8 Å². The molecule has 0 fully saturated rings. The first-order valence-corrected chi connectivity index (χ1v) is 7.16. The van der Waals surface area contributed by atoms with Gasteiger partial charge in [0.05, 0.1) is 24.4 Å². The van der Waals surface area contributed by atoms with E-state index in [1.165, 1.54) is 4.57 Å². The number of rotatable bonds is 2. The molecule has 0 saturated carbocycles. The second-order valence-electron chi connectivity index (χ2n) is 5.25. The Hall–Kier alpha value is -3.15. The molecule has 4 aromatic rings. The Kier molecular flexibility index (Phi) is 2.90. The molecule has 0 aliphatic heterocycles. The minimum Gasteiger partial charge on any atom is -0.497 e. The van der Waals surface area contributed by atoms with Gasteiger partial charge in [0.2, 0.25) is 5.78 Å². The molecule has 0 radical (unpaired) electrons. The number of methoxy groups -OCH3 is 1. The van der Waals surface area contributed by atoms with Gasteiger partial charge in [-0.1, -0.05) is 0 Å². The molecule has 6 nitrogen and oxygen atoms in total. The van der Waals surface area contributed by atoms with Crippen molar-refractivity contribution in [3.63, 3.8) is 0 Å². The largest absolute Gasteiger partial charge is 0.497 e. The van der Waals surface area contributed by atoms with E-state index < -0.39 is 0 Å². The van der Waals surface area contributed by atoms with Gasteiger partial charge in [-0.05, 0) is 36.4 Å². The van der Waals surface area contributed by atoms with Crippen LogP contribution in [0.25, 0.3) is 28.1 Å². The first-order chi connectivity index (χ1) is 11.2. The summed E-state index contributed by atoms with van der Waals surface area (Å²) in [5, 5.41) is 0.565. The maximum Gasteiger partial charge on any atom is 0.264 e. The highest BCUT2D eigenvalue weighted by Crippen LogP contribution is 2.25. The Morgan fingerprint density at radius 2 is 1.87 bits per heavy atom. The Morgan fingerprint density at radius 1 is 1.09 bits per heavy atom. The lowest BCUT2D eigenvalue weighted by molar-refractivity contribution is 0.415. The van der Waals surface area contributed by atoms with E-state index in [9.17, 15) is 4.79 Å². The molecule has 3 heterocycles. The number of aryl methyl sites for hydroxylation is 1. The number of aromatic nitrogens is 4. The molecular formula is C17H14N4O2.